The van der Waals surface area contributed by atoms with Crippen LogP contribution < -0.4 is 0 Å². The molecule has 3 aromatic rings. The highest BCUT2D eigenvalue weighted by Gasteiger charge is 2.17. The van der Waals surface area contributed by atoms with E-state index in [0.717, 1.165) is 33.3 Å². The zero-order valence-corrected chi connectivity index (χ0v) is 12.5. The lowest BCUT2D eigenvalue weighted by molar-refractivity contribution is 0.179. The monoisotopic (exact) mass is 281 g/mol. The number of aryl methyl sites for hydroxylation is 2. The van der Waals surface area contributed by atoms with Gasteiger partial charge >= 0.3 is 0 Å². The van der Waals surface area contributed by atoms with Crippen LogP contribution in [0.4, 0.5) is 0 Å². The van der Waals surface area contributed by atoms with E-state index in [1.165, 1.54) is 0 Å². The lowest BCUT2D eigenvalue weighted by Crippen LogP contribution is -2.05. The van der Waals surface area contributed by atoms with Crippen molar-refractivity contribution in [1.82, 2.24) is 14.8 Å². The summed E-state index contributed by atoms with van der Waals surface area (Å²) >= 11 is 0. The second-order valence-electron chi connectivity index (χ2n) is 5.44. The molecule has 0 aliphatic heterocycles. The predicted octanol–water partition coefficient (Wildman–Crippen LogP) is 2.86. The first kappa shape index (κ1) is 13.8. The molecule has 108 valence electrons. The van der Waals surface area contributed by atoms with E-state index in [2.05, 4.69) is 10.1 Å². The molecule has 0 bridgehead atoms. The van der Waals surface area contributed by atoms with Crippen molar-refractivity contribution in [3.05, 3.63) is 59.2 Å². The van der Waals surface area contributed by atoms with Gasteiger partial charge in [-0.25, -0.2) is 0 Å². The summed E-state index contributed by atoms with van der Waals surface area (Å²) in [5.41, 5.74) is 4.12. The number of hydrogen-bond donors (Lipinski definition) is 1. The number of benzene rings is 1. The minimum Gasteiger partial charge on any atom is -0.388 e. The van der Waals surface area contributed by atoms with Crippen LogP contribution in [0.3, 0.4) is 0 Å². The Hall–Kier alpha value is -2.20. The SMILES string of the molecule is Cc1nn(C)c(C)c1CC(O)c1cccc2ccncc12. The van der Waals surface area contributed by atoms with Gasteiger partial charge in [-0.05, 0) is 36.4 Å². The topological polar surface area (TPSA) is 50.9 Å². The number of rotatable bonds is 3. The molecule has 1 aromatic carbocycles. The van der Waals surface area contributed by atoms with Gasteiger partial charge in [0, 0.05) is 36.9 Å². The number of hydrogen-bond acceptors (Lipinski definition) is 3. The second-order valence-corrected chi connectivity index (χ2v) is 5.44. The van der Waals surface area contributed by atoms with Crippen molar-refractivity contribution in [3.63, 3.8) is 0 Å². The molecule has 1 atom stereocenters. The van der Waals surface area contributed by atoms with Gasteiger partial charge in [-0.15, -0.1) is 0 Å². The second kappa shape index (κ2) is 5.30. The van der Waals surface area contributed by atoms with Crippen molar-refractivity contribution in [2.45, 2.75) is 26.4 Å². The summed E-state index contributed by atoms with van der Waals surface area (Å²) in [4.78, 5) is 4.17. The molecule has 0 saturated carbocycles. The largest absolute Gasteiger partial charge is 0.388 e. The molecule has 1 unspecified atom stereocenters. The number of aliphatic hydroxyl groups excluding tert-OH is 1. The Bertz CT molecular complexity index is 787. The Labute approximate surface area is 124 Å². The molecule has 2 heterocycles. The standard InChI is InChI=1S/C17H19N3O/c1-11-15(12(2)20(3)19-11)9-17(21)14-6-4-5-13-7-8-18-10-16(13)14/h4-8,10,17,21H,9H2,1-3H3. The Balaban J connectivity index is 1.99. The Morgan fingerprint density at radius 1 is 1.24 bits per heavy atom. The summed E-state index contributed by atoms with van der Waals surface area (Å²) in [6.07, 6.45) is 3.60. The third kappa shape index (κ3) is 2.43. The Morgan fingerprint density at radius 2 is 2.05 bits per heavy atom. The van der Waals surface area contributed by atoms with Crippen LogP contribution in [0, 0.1) is 13.8 Å². The minimum absolute atomic E-state index is 0.556. The number of nitrogens with zero attached hydrogens (tertiary/aromatic N) is 3. The van der Waals surface area contributed by atoms with E-state index >= 15 is 0 Å². The maximum absolute atomic E-state index is 10.7. The van der Waals surface area contributed by atoms with E-state index in [1.807, 2.05) is 56.0 Å². The van der Waals surface area contributed by atoms with Crippen LogP contribution in [0.5, 0.6) is 0 Å². The van der Waals surface area contributed by atoms with E-state index in [9.17, 15) is 5.11 Å². The van der Waals surface area contributed by atoms with Gasteiger partial charge in [0.15, 0.2) is 0 Å². The molecular weight excluding hydrogens is 262 g/mol. The van der Waals surface area contributed by atoms with Gasteiger partial charge in [0.2, 0.25) is 0 Å². The minimum atomic E-state index is -0.556. The first-order valence-corrected chi connectivity index (χ1v) is 7.07. The highest BCUT2D eigenvalue weighted by Crippen LogP contribution is 2.27. The highest BCUT2D eigenvalue weighted by atomic mass is 16.3. The normalized spacial score (nSPS) is 12.8. The van der Waals surface area contributed by atoms with Crippen molar-refractivity contribution in [2.24, 2.45) is 7.05 Å². The van der Waals surface area contributed by atoms with Crippen LogP contribution in [-0.2, 0) is 13.5 Å². The van der Waals surface area contributed by atoms with Crippen molar-refractivity contribution in [3.8, 4) is 0 Å². The first-order chi connectivity index (χ1) is 10.1. The van der Waals surface area contributed by atoms with Crippen molar-refractivity contribution in [1.29, 1.82) is 0 Å². The molecular formula is C17H19N3O. The van der Waals surface area contributed by atoms with Gasteiger partial charge in [0.1, 0.15) is 0 Å². The Kier molecular flexibility index (Phi) is 3.47. The summed E-state index contributed by atoms with van der Waals surface area (Å²) < 4.78 is 1.86. The maximum Gasteiger partial charge on any atom is 0.0838 e. The van der Waals surface area contributed by atoms with Crippen LogP contribution in [0.25, 0.3) is 10.8 Å². The third-order valence-corrected chi connectivity index (χ3v) is 4.13. The third-order valence-electron chi connectivity index (χ3n) is 4.13. The summed E-state index contributed by atoms with van der Waals surface area (Å²) in [7, 11) is 1.93. The number of fused-ring (bicyclic) bond motifs is 1. The van der Waals surface area contributed by atoms with Crippen LogP contribution in [0.2, 0.25) is 0 Å². The van der Waals surface area contributed by atoms with E-state index in [0.29, 0.717) is 6.42 Å². The molecule has 4 heteroatoms. The van der Waals surface area contributed by atoms with E-state index in [4.69, 9.17) is 0 Å². The summed E-state index contributed by atoms with van der Waals surface area (Å²) in [6, 6.07) is 7.94. The lowest BCUT2D eigenvalue weighted by Gasteiger charge is -2.14. The fourth-order valence-corrected chi connectivity index (χ4v) is 2.84. The zero-order chi connectivity index (χ0) is 15.0. The molecule has 4 nitrogen and oxygen atoms in total. The highest BCUT2D eigenvalue weighted by molar-refractivity contribution is 5.85. The quantitative estimate of drug-likeness (QED) is 0.803. The average Bonchev–Trinajstić information content (AvgIpc) is 2.73. The molecule has 1 N–H and O–H groups in total. The molecule has 0 aliphatic rings. The van der Waals surface area contributed by atoms with E-state index < -0.39 is 6.10 Å². The number of pyridine rings is 1. The number of aliphatic hydroxyl groups is 1. The molecule has 0 fully saturated rings. The number of aromatic nitrogens is 3. The van der Waals surface area contributed by atoms with Gasteiger partial charge in [-0.1, -0.05) is 18.2 Å². The molecule has 2 aromatic heterocycles. The smallest absolute Gasteiger partial charge is 0.0838 e. The molecule has 0 radical (unpaired) electrons. The van der Waals surface area contributed by atoms with Gasteiger partial charge in [0.25, 0.3) is 0 Å². The summed E-state index contributed by atoms with van der Waals surface area (Å²) in [5.74, 6) is 0. The van der Waals surface area contributed by atoms with Gasteiger partial charge in [0.05, 0.1) is 11.8 Å². The molecule has 0 spiro atoms. The molecule has 21 heavy (non-hydrogen) atoms. The summed E-state index contributed by atoms with van der Waals surface area (Å²) in [5, 5.41) is 17.2. The van der Waals surface area contributed by atoms with Crippen LogP contribution in [0.15, 0.2) is 36.7 Å². The Morgan fingerprint density at radius 3 is 2.76 bits per heavy atom. The molecule has 3 rings (SSSR count). The maximum atomic E-state index is 10.7. The zero-order valence-electron chi connectivity index (χ0n) is 12.5. The van der Waals surface area contributed by atoms with Gasteiger partial charge in [-0.3, -0.25) is 9.67 Å². The fourth-order valence-electron chi connectivity index (χ4n) is 2.84. The van der Waals surface area contributed by atoms with Gasteiger partial charge < -0.3 is 5.11 Å². The lowest BCUT2D eigenvalue weighted by atomic mass is 9.96. The van der Waals surface area contributed by atoms with Crippen LogP contribution in [0.1, 0.15) is 28.6 Å². The fraction of sp³-hybridized carbons (Fsp3) is 0.294. The molecule has 0 saturated heterocycles. The molecule has 0 amide bonds. The first-order valence-electron chi connectivity index (χ1n) is 7.07. The molecule has 0 aliphatic carbocycles. The van der Waals surface area contributed by atoms with E-state index in [1.54, 1.807) is 6.20 Å². The van der Waals surface area contributed by atoms with E-state index in [-0.39, 0.29) is 0 Å². The van der Waals surface area contributed by atoms with Gasteiger partial charge in [-0.2, -0.15) is 5.10 Å². The summed E-state index contributed by atoms with van der Waals surface area (Å²) in [6.45, 7) is 4.02. The predicted molar refractivity (Wildman–Crippen MR) is 83.1 cm³/mol. The van der Waals surface area contributed by atoms with Crippen LogP contribution in [-0.4, -0.2) is 19.9 Å². The van der Waals surface area contributed by atoms with Crippen molar-refractivity contribution < 1.29 is 5.11 Å². The average molecular weight is 281 g/mol. The van der Waals surface area contributed by atoms with Crippen molar-refractivity contribution in [2.75, 3.05) is 0 Å². The van der Waals surface area contributed by atoms with Crippen LogP contribution >= 0.6 is 0 Å². The van der Waals surface area contributed by atoms with Crippen molar-refractivity contribution >= 4 is 10.8 Å².